The molecule has 2 aromatic heterocycles. The monoisotopic (exact) mass is 297 g/mol. The fourth-order valence-electron chi connectivity index (χ4n) is 2.68. The highest BCUT2D eigenvalue weighted by Crippen LogP contribution is 2.18. The van der Waals surface area contributed by atoms with Gasteiger partial charge in [-0.05, 0) is 32.0 Å². The molecule has 1 atom stereocenters. The van der Waals surface area contributed by atoms with Crippen molar-refractivity contribution in [3.8, 4) is 0 Å². The second-order valence-corrected chi connectivity index (χ2v) is 5.60. The Labute approximate surface area is 128 Å². The van der Waals surface area contributed by atoms with Crippen LogP contribution < -0.4 is 5.32 Å². The van der Waals surface area contributed by atoms with E-state index >= 15 is 0 Å². The molecule has 0 bridgehead atoms. The van der Waals surface area contributed by atoms with Crippen molar-refractivity contribution in [1.82, 2.24) is 24.6 Å². The van der Waals surface area contributed by atoms with Crippen molar-refractivity contribution in [2.45, 2.75) is 19.9 Å². The summed E-state index contributed by atoms with van der Waals surface area (Å²) in [6, 6.07) is 5.45. The molecular formula is C16H19N5O. The second kappa shape index (κ2) is 5.29. The summed E-state index contributed by atoms with van der Waals surface area (Å²) in [5.41, 5.74) is 4.39. The van der Waals surface area contributed by atoms with Gasteiger partial charge < -0.3 is 9.88 Å². The number of rotatable bonds is 3. The number of fused-ring (bicyclic) bond motifs is 1. The van der Waals surface area contributed by atoms with Crippen LogP contribution in [-0.2, 0) is 14.1 Å². The minimum atomic E-state index is -0.108. The van der Waals surface area contributed by atoms with Crippen molar-refractivity contribution in [3.05, 3.63) is 47.5 Å². The molecule has 0 unspecified atom stereocenters. The van der Waals surface area contributed by atoms with E-state index in [1.807, 2.05) is 56.9 Å². The number of imidazole rings is 1. The van der Waals surface area contributed by atoms with Crippen LogP contribution in [0.25, 0.3) is 11.0 Å². The molecule has 0 aliphatic rings. The van der Waals surface area contributed by atoms with Gasteiger partial charge >= 0.3 is 0 Å². The van der Waals surface area contributed by atoms with Crippen LogP contribution >= 0.6 is 0 Å². The van der Waals surface area contributed by atoms with Gasteiger partial charge in [-0.15, -0.1) is 0 Å². The molecule has 0 spiro atoms. The minimum Gasteiger partial charge on any atom is -0.345 e. The van der Waals surface area contributed by atoms with Crippen molar-refractivity contribution in [1.29, 1.82) is 0 Å². The van der Waals surface area contributed by atoms with E-state index in [1.165, 1.54) is 0 Å². The summed E-state index contributed by atoms with van der Waals surface area (Å²) in [6.07, 6.45) is 3.68. The molecule has 22 heavy (non-hydrogen) atoms. The number of carbonyl (C=O) groups excluding carboxylic acids is 1. The van der Waals surface area contributed by atoms with Gasteiger partial charge in [0.25, 0.3) is 5.91 Å². The summed E-state index contributed by atoms with van der Waals surface area (Å²) in [7, 11) is 3.81. The molecular weight excluding hydrogens is 278 g/mol. The lowest BCUT2D eigenvalue weighted by Gasteiger charge is -2.13. The van der Waals surface area contributed by atoms with E-state index in [0.29, 0.717) is 5.56 Å². The number of carbonyl (C=O) groups is 1. The van der Waals surface area contributed by atoms with E-state index in [9.17, 15) is 4.79 Å². The summed E-state index contributed by atoms with van der Waals surface area (Å²) >= 11 is 0. The van der Waals surface area contributed by atoms with E-state index in [0.717, 1.165) is 22.3 Å². The first-order valence-electron chi connectivity index (χ1n) is 7.18. The average Bonchev–Trinajstić information content (AvgIpc) is 3.01. The van der Waals surface area contributed by atoms with Crippen LogP contribution in [-0.4, -0.2) is 25.2 Å². The van der Waals surface area contributed by atoms with E-state index < -0.39 is 0 Å². The van der Waals surface area contributed by atoms with Crippen LogP contribution in [0.2, 0.25) is 0 Å². The molecule has 3 rings (SSSR count). The molecule has 0 saturated carbocycles. The van der Waals surface area contributed by atoms with Crippen LogP contribution in [0.15, 0.2) is 30.7 Å². The van der Waals surface area contributed by atoms with E-state index in [4.69, 9.17) is 0 Å². The average molecular weight is 297 g/mol. The van der Waals surface area contributed by atoms with Gasteiger partial charge in [0.15, 0.2) is 0 Å². The highest BCUT2D eigenvalue weighted by molar-refractivity contribution is 5.97. The largest absolute Gasteiger partial charge is 0.345 e. The van der Waals surface area contributed by atoms with Crippen molar-refractivity contribution in [2.75, 3.05) is 0 Å². The molecule has 3 aromatic rings. The number of nitrogens with zero attached hydrogens (tertiary/aromatic N) is 4. The zero-order chi connectivity index (χ0) is 15.9. The molecule has 0 aliphatic heterocycles. The first-order chi connectivity index (χ1) is 10.5. The van der Waals surface area contributed by atoms with Gasteiger partial charge in [-0.1, -0.05) is 0 Å². The minimum absolute atomic E-state index is 0.0966. The normalized spacial score (nSPS) is 12.5. The van der Waals surface area contributed by atoms with Gasteiger partial charge in [0, 0.05) is 31.4 Å². The number of aromatic nitrogens is 4. The van der Waals surface area contributed by atoms with Gasteiger partial charge in [0.2, 0.25) is 0 Å². The fraction of sp³-hybridized carbons (Fsp3) is 0.312. The van der Waals surface area contributed by atoms with E-state index in [2.05, 4.69) is 15.4 Å². The van der Waals surface area contributed by atoms with Gasteiger partial charge in [0.1, 0.15) is 0 Å². The van der Waals surface area contributed by atoms with Crippen molar-refractivity contribution in [2.24, 2.45) is 14.1 Å². The molecule has 0 aliphatic carbocycles. The molecule has 2 heterocycles. The first-order valence-corrected chi connectivity index (χ1v) is 7.18. The summed E-state index contributed by atoms with van der Waals surface area (Å²) in [4.78, 5) is 16.7. The highest BCUT2D eigenvalue weighted by Gasteiger charge is 2.16. The molecule has 6 heteroatoms. The van der Waals surface area contributed by atoms with Crippen LogP contribution in [0.1, 0.15) is 34.6 Å². The van der Waals surface area contributed by atoms with Crippen LogP contribution in [0.3, 0.4) is 0 Å². The number of amides is 1. The second-order valence-electron chi connectivity index (χ2n) is 5.60. The molecule has 1 amide bonds. The van der Waals surface area contributed by atoms with Crippen molar-refractivity contribution >= 4 is 16.9 Å². The maximum Gasteiger partial charge on any atom is 0.251 e. The van der Waals surface area contributed by atoms with Gasteiger partial charge in [-0.25, -0.2) is 4.98 Å². The Bertz CT molecular complexity index is 845. The molecule has 6 nitrogen and oxygen atoms in total. The van der Waals surface area contributed by atoms with Gasteiger partial charge in [-0.2, -0.15) is 5.10 Å². The quantitative estimate of drug-likeness (QED) is 0.805. The Balaban J connectivity index is 1.82. The molecule has 114 valence electrons. The SMILES string of the molecule is Cc1nn(C)cc1[C@@H](C)NC(=O)c1ccc2c(c1)ncn2C. The Morgan fingerprint density at radius 3 is 2.77 bits per heavy atom. The Kier molecular flexibility index (Phi) is 3.44. The third kappa shape index (κ3) is 2.47. The van der Waals surface area contributed by atoms with E-state index in [1.54, 1.807) is 11.0 Å². The maximum atomic E-state index is 12.4. The number of nitrogens with one attached hydrogen (secondary N) is 1. The number of benzene rings is 1. The van der Waals surface area contributed by atoms with Crippen molar-refractivity contribution in [3.63, 3.8) is 0 Å². The zero-order valence-electron chi connectivity index (χ0n) is 13.2. The third-order valence-corrected chi connectivity index (χ3v) is 3.85. The van der Waals surface area contributed by atoms with Gasteiger partial charge in [0.05, 0.1) is 29.1 Å². The van der Waals surface area contributed by atoms with Crippen LogP contribution in [0, 0.1) is 6.92 Å². The maximum absolute atomic E-state index is 12.4. The summed E-state index contributed by atoms with van der Waals surface area (Å²) in [5, 5.41) is 7.32. The predicted molar refractivity (Wildman–Crippen MR) is 84.5 cm³/mol. The molecule has 0 fully saturated rings. The lowest BCUT2D eigenvalue weighted by molar-refractivity contribution is 0.0940. The van der Waals surface area contributed by atoms with Crippen molar-refractivity contribution < 1.29 is 4.79 Å². The Morgan fingerprint density at radius 1 is 1.32 bits per heavy atom. The molecule has 0 saturated heterocycles. The third-order valence-electron chi connectivity index (χ3n) is 3.85. The lowest BCUT2D eigenvalue weighted by Crippen LogP contribution is -2.26. The number of aryl methyl sites for hydroxylation is 3. The topological polar surface area (TPSA) is 64.7 Å². The van der Waals surface area contributed by atoms with E-state index in [-0.39, 0.29) is 11.9 Å². The van der Waals surface area contributed by atoms with Crippen LogP contribution in [0.5, 0.6) is 0 Å². The zero-order valence-corrected chi connectivity index (χ0v) is 13.2. The first kappa shape index (κ1) is 14.3. The van der Waals surface area contributed by atoms with Gasteiger partial charge in [-0.3, -0.25) is 9.48 Å². The predicted octanol–water partition coefficient (Wildman–Crippen LogP) is 2.11. The number of hydrogen-bond acceptors (Lipinski definition) is 3. The standard InChI is InChI=1S/C16H19N5O/c1-10(13-8-21(4)19-11(13)2)18-16(22)12-5-6-15-14(7-12)17-9-20(15)3/h5-10H,1-4H3,(H,18,22)/t10-/m1/s1. The smallest absolute Gasteiger partial charge is 0.251 e. The molecule has 1 N–H and O–H groups in total. The number of hydrogen-bond donors (Lipinski definition) is 1. The molecule has 1 aromatic carbocycles. The lowest BCUT2D eigenvalue weighted by atomic mass is 10.1. The summed E-state index contributed by atoms with van der Waals surface area (Å²) in [6.45, 7) is 3.90. The Morgan fingerprint density at radius 2 is 2.09 bits per heavy atom. The fourth-order valence-corrected chi connectivity index (χ4v) is 2.68. The summed E-state index contributed by atoms with van der Waals surface area (Å²) in [5.74, 6) is -0.108. The molecule has 0 radical (unpaired) electrons. The Hall–Kier alpha value is -2.63. The highest BCUT2D eigenvalue weighted by atomic mass is 16.1. The summed E-state index contributed by atoms with van der Waals surface area (Å²) < 4.78 is 3.69. The van der Waals surface area contributed by atoms with Crippen LogP contribution in [0.4, 0.5) is 0 Å².